The molecule has 2 atom stereocenters. The molecule has 0 aliphatic carbocycles. The highest BCUT2D eigenvalue weighted by Gasteiger charge is 2.28. The van der Waals surface area contributed by atoms with Gasteiger partial charge >= 0.3 is 0 Å². The fourth-order valence-corrected chi connectivity index (χ4v) is 4.63. The molecule has 0 spiro atoms. The van der Waals surface area contributed by atoms with Crippen molar-refractivity contribution in [3.8, 4) is 11.5 Å². The lowest BCUT2D eigenvalue weighted by molar-refractivity contribution is -0.123. The minimum absolute atomic E-state index is 0.0184. The molecule has 1 saturated heterocycles. The van der Waals surface area contributed by atoms with Gasteiger partial charge in [-0.1, -0.05) is 30.3 Å². The standard InChI is InChI=1S/C22H28N2O6S/c1-28-20-11-10-18(14-21(20)29-2)31(26,27)24-19(13-16-7-4-3-5-8-16)22(25)23-15-17-9-6-12-30-17/h3-5,7-8,10-11,14,17,19,24H,6,9,12-13,15H2,1-2H3,(H,23,25)/t17-,19+/m1/s1. The van der Waals surface area contributed by atoms with Crippen LogP contribution in [0.4, 0.5) is 0 Å². The number of carbonyl (C=O) groups excluding carboxylic acids is 1. The number of ether oxygens (including phenoxy) is 3. The molecule has 0 aromatic heterocycles. The Hall–Kier alpha value is -2.62. The summed E-state index contributed by atoms with van der Waals surface area (Å²) in [4.78, 5) is 12.9. The molecule has 0 saturated carbocycles. The molecule has 8 nitrogen and oxygen atoms in total. The molecule has 9 heteroatoms. The van der Waals surface area contributed by atoms with Crippen LogP contribution in [0.15, 0.2) is 53.4 Å². The van der Waals surface area contributed by atoms with Crippen molar-refractivity contribution in [3.63, 3.8) is 0 Å². The van der Waals surface area contributed by atoms with Gasteiger partial charge in [-0.25, -0.2) is 8.42 Å². The van der Waals surface area contributed by atoms with Crippen molar-refractivity contribution in [1.29, 1.82) is 0 Å². The van der Waals surface area contributed by atoms with Gasteiger partial charge in [0.25, 0.3) is 0 Å². The Bertz CT molecular complexity index is 975. The summed E-state index contributed by atoms with van der Waals surface area (Å²) in [5.74, 6) is 0.299. The summed E-state index contributed by atoms with van der Waals surface area (Å²) in [7, 11) is -1.10. The van der Waals surface area contributed by atoms with Gasteiger partial charge in [0, 0.05) is 19.2 Å². The van der Waals surface area contributed by atoms with Gasteiger partial charge in [0.05, 0.1) is 25.2 Å². The van der Waals surface area contributed by atoms with Crippen molar-refractivity contribution in [2.24, 2.45) is 0 Å². The van der Waals surface area contributed by atoms with Gasteiger partial charge in [-0.2, -0.15) is 4.72 Å². The second-order valence-corrected chi connectivity index (χ2v) is 8.97. The SMILES string of the molecule is COc1ccc(S(=O)(=O)N[C@@H](Cc2ccccc2)C(=O)NC[C@H]2CCCO2)cc1OC. The van der Waals surface area contributed by atoms with E-state index < -0.39 is 22.0 Å². The summed E-state index contributed by atoms with van der Waals surface area (Å²) in [5, 5.41) is 2.82. The van der Waals surface area contributed by atoms with Crippen molar-refractivity contribution in [2.75, 3.05) is 27.4 Å². The third-order valence-electron chi connectivity index (χ3n) is 5.09. The van der Waals surface area contributed by atoms with Crippen LogP contribution in [0.2, 0.25) is 0 Å². The lowest BCUT2D eigenvalue weighted by Gasteiger charge is -2.20. The first-order valence-electron chi connectivity index (χ1n) is 10.1. The number of amides is 1. The quantitative estimate of drug-likeness (QED) is 0.575. The van der Waals surface area contributed by atoms with Crippen LogP contribution in [0, 0.1) is 0 Å². The molecule has 0 radical (unpaired) electrons. The molecule has 2 N–H and O–H groups in total. The average Bonchev–Trinajstić information content (AvgIpc) is 3.30. The molecule has 2 aromatic carbocycles. The molecular weight excluding hydrogens is 420 g/mol. The zero-order valence-electron chi connectivity index (χ0n) is 17.7. The van der Waals surface area contributed by atoms with Crippen LogP contribution in [0.1, 0.15) is 18.4 Å². The zero-order chi connectivity index (χ0) is 22.3. The summed E-state index contributed by atoms with van der Waals surface area (Å²) in [6.07, 6.45) is 2.01. The van der Waals surface area contributed by atoms with Crippen LogP contribution >= 0.6 is 0 Å². The molecule has 168 valence electrons. The fourth-order valence-electron chi connectivity index (χ4n) is 3.42. The Morgan fingerprint density at radius 1 is 1.13 bits per heavy atom. The van der Waals surface area contributed by atoms with E-state index in [1.807, 2.05) is 30.3 Å². The van der Waals surface area contributed by atoms with E-state index in [4.69, 9.17) is 14.2 Å². The number of methoxy groups -OCH3 is 2. The van der Waals surface area contributed by atoms with Crippen molar-refractivity contribution in [3.05, 3.63) is 54.1 Å². The van der Waals surface area contributed by atoms with E-state index in [0.717, 1.165) is 18.4 Å². The minimum Gasteiger partial charge on any atom is -0.493 e. The molecule has 1 amide bonds. The maximum Gasteiger partial charge on any atom is 0.241 e. The predicted octanol–water partition coefficient (Wildman–Crippen LogP) is 1.89. The first kappa shape index (κ1) is 23.1. The topological polar surface area (TPSA) is 103 Å². The Labute approximate surface area is 182 Å². The predicted molar refractivity (Wildman–Crippen MR) is 116 cm³/mol. The molecule has 2 aromatic rings. The molecule has 1 aliphatic heterocycles. The smallest absolute Gasteiger partial charge is 0.241 e. The first-order chi connectivity index (χ1) is 14.9. The van der Waals surface area contributed by atoms with Gasteiger partial charge in [-0.15, -0.1) is 0 Å². The zero-order valence-corrected chi connectivity index (χ0v) is 18.5. The largest absolute Gasteiger partial charge is 0.493 e. The average molecular weight is 449 g/mol. The summed E-state index contributed by atoms with van der Waals surface area (Å²) < 4.78 is 44.6. The number of hydrogen-bond donors (Lipinski definition) is 2. The van der Waals surface area contributed by atoms with Gasteiger partial charge in [-0.05, 0) is 37.0 Å². The van der Waals surface area contributed by atoms with Crippen molar-refractivity contribution in [1.82, 2.24) is 10.0 Å². The van der Waals surface area contributed by atoms with Crippen molar-refractivity contribution < 1.29 is 27.4 Å². The van der Waals surface area contributed by atoms with Crippen LogP contribution in [0.25, 0.3) is 0 Å². The van der Waals surface area contributed by atoms with Gasteiger partial charge in [0.2, 0.25) is 15.9 Å². The van der Waals surface area contributed by atoms with E-state index in [-0.39, 0.29) is 23.2 Å². The van der Waals surface area contributed by atoms with Crippen LogP contribution in [0.5, 0.6) is 11.5 Å². The molecular formula is C22H28N2O6S. The third-order valence-corrected chi connectivity index (χ3v) is 6.56. The minimum atomic E-state index is -4.00. The van der Waals surface area contributed by atoms with Crippen LogP contribution in [0.3, 0.4) is 0 Å². The lowest BCUT2D eigenvalue weighted by Crippen LogP contribution is -2.49. The van der Waals surface area contributed by atoms with Crippen LogP contribution in [-0.4, -0.2) is 53.8 Å². The highest BCUT2D eigenvalue weighted by Crippen LogP contribution is 2.29. The normalized spacial score (nSPS) is 17.2. The highest BCUT2D eigenvalue weighted by molar-refractivity contribution is 7.89. The van der Waals surface area contributed by atoms with Crippen molar-refractivity contribution in [2.45, 2.75) is 36.3 Å². The monoisotopic (exact) mass is 448 g/mol. The van der Waals surface area contributed by atoms with Crippen molar-refractivity contribution >= 4 is 15.9 Å². The molecule has 1 fully saturated rings. The number of rotatable bonds is 10. The summed E-state index contributed by atoms with van der Waals surface area (Å²) in [5.41, 5.74) is 0.842. The van der Waals surface area contributed by atoms with E-state index >= 15 is 0 Å². The van der Waals surface area contributed by atoms with E-state index in [1.165, 1.54) is 32.4 Å². The summed E-state index contributed by atoms with van der Waals surface area (Å²) >= 11 is 0. The van der Waals surface area contributed by atoms with Gasteiger partial charge in [0.1, 0.15) is 6.04 Å². The second kappa shape index (κ2) is 10.6. The van der Waals surface area contributed by atoms with E-state index in [2.05, 4.69) is 10.0 Å². The number of carbonyl (C=O) groups is 1. The highest BCUT2D eigenvalue weighted by atomic mass is 32.2. The van der Waals surface area contributed by atoms with Crippen LogP contribution < -0.4 is 19.5 Å². The van der Waals surface area contributed by atoms with E-state index in [9.17, 15) is 13.2 Å². The Morgan fingerprint density at radius 3 is 2.52 bits per heavy atom. The van der Waals surface area contributed by atoms with E-state index in [1.54, 1.807) is 0 Å². The lowest BCUT2D eigenvalue weighted by atomic mass is 10.1. The molecule has 0 unspecified atom stereocenters. The third kappa shape index (κ3) is 6.19. The van der Waals surface area contributed by atoms with Gasteiger partial charge < -0.3 is 19.5 Å². The Balaban J connectivity index is 1.79. The maximum absolute atomic E-state index is 13.1. The molecule has 1 heterocycles. The van der Waals surface area contributed by atoms with Gasteiger partial charge in [-0.3, -0.25) is 4.79 Å². The number of benzene rings is 2. The van der Waals surface area contributed by atoms with E-state index in [0.29, 0.717) is 18.9 Å². The second-order valence-electron chi connectivity index (χ2n) is 7.26. The fraction of sp³-hybridized carbons (Fsp3) is 0.409. The molecule has 31 heavy (non-hydrogen) atoms. The summed E-state index contributed by atoms with van der Waals surface area (Å²) in [6, 6.07) is 12.6. The first-order valence-corrected chi connectivity index (χ1v) is 11.6. The Morgan fingerprint density at radius 2 is 1.87 bits per heavy atom. The van der Waals surface area contributed by atoms with Gasteiger partial charge in [0.15, 0.2) is 11.5 Å². The number of sulfonamides is 1. The Kier molecular flexibility index (Phi) is 7.89. The maximum atomic E-state index is 13.1. The number of hydrogen-bond acceptors (Lipinski definition) is 6. The van der Waals surface area contributed by atoms with Crippen LogP contribution in [-0.2, 0) is 26.0 Å². The molecule has 3 rings (SSSR count). The number of nitrogens with one attached hydrogen (secondary N) is 2. The molecule has 0 bridgehead atoms. The molecule has 1 aliphatic rings. The summed E-state index contributed by atoms with van der Waals surface area (Å²) in [6.45, 7) is 1.03.